The highest BCUT2D eigenvalue weighted by atomic mass is 32.2. The van der Waals surface area contributed by atoms with Crippen LogP contribution in [0.3, 0.4) is 0 Å². The first kappa shape index (κ1) is 19.0. The Morgan fingerprint density at radius 2 is 1.84 bits per heavy atom. The molecule has 0 heterocycles. The first-order chi connectivity index (χ1) is 11.8. The van der Waals surface area contributed by atoms with Gasteiger partial charge in [-0.2, -0.15) is 0 Å². The van der Waals surface area contributed by atoms with Crippen molar-refractivity contribution in [1.82, 2.24) is 0 Å². The highest BCUT2D eigenvalue weighted by molar-refractivity contribution is 8.00. The molecule has 0 radical (unpaired) electrons. The van der Waals surface area contributed by atoms with Crippen LogP contribution in [0.2, 0.25) is 0 Å². The van der Waals surface area contributed by atoms with E-state index >= 15 is 0 Å². The molecule has 6 heteroatoms. The van der Waals surface area contributed by atoms with Crippen LogP contribution in [0.1, 0.15) is 34.0 Å². The normalized spacial score (nSPS) is 11.8. The number of hydrogen-bond donors (Lipinski definition) is 3. The Hall–Kier alpha value is -2.31. The Labute approximate surface area is 151 Å². The van der Waals surface area contributed by atoms with Gasteiger partial charge in [0.05, 0.1) is 12.2 Å². The minimum absolute atomic E-state index is 0.0997. The van der Waals surface area contributed by atoms with Gasteiger partial charge in [-0.05, 0) is 55.7 Å². The monoisotopic (exact) mass is 359 g/mol. The number of benzene rings is 2. The summed E-state index contributed by atoms with van der Waals surface area (Å²) >= 11 is 1.13. The fourth-order valence-electron chi connectivity index (χ4n) is 2.39. The van der Waals surface area contributed by atoms with Gasteiger partial charge in [0.2, 0.25) is 0 Å². The third kappa shape index (κ3) is 4.61. The third-order valence-electron chi connectivity index (χ3n) is 3.88. The van der Waals surface area contributed by atoms with Gasteiger partial charge in [-0.3, -0.25) is 9.59 Å². The van der Waals surface area contributed by atoms with Gasteiger partial charge in [0.25, 0.3) is 5.91 Å². The highest BCUT2D eigenvalue weighted by Gasteiger charge is 2.18. The van der Waals surface area contributed by atoms with Crippen LogP contribution in [0.25, 0.3) is 0 Å². The topological polar surface area (TPSA) is 86.6 Å². The average molecular weight is 359 g/mol. The molecule has 0 aliphatic carbocycles. The fraction of sp³-hybridized carbons (Fsp3) is 0.263. The lowest BCUT2D eigenvalue weighted by atomic mass is 10.0. The second kappa shape index (κ2) is 8.18. The van der Waals surface area contributed by atoms with Gasteiger partial charge in [-0.25, -0.2) is 0 Å². The number of aryl methyl sites for hydroxylation is 2. The maximum atomic E-state index is 12.7. The van der Waals surface area contributed by atoms with Gasteiger partial charge in [0.1, 0.15) is 5.25 Å². The predicted molar refractivity (Wildman–Crippen MR) is 99.2 cm³/mol. The zero-order valence-electron chi connectivity index (χ0n) is 14.4. The molecule has 0 spiro atoms. The summed E-state index contributed by atoms with van der Waals surface area (Å²) in [6.45, 7) is 5.27. The van der Waals surface area contributed by atoms with Crippen LogP contribution < -0.4 is 5.32 Å². The van der Waals surface area contributed by atoms with Crippen LogP contribution in [0.5, 0.6) is 0 Å². The lowest BCUT2D eigenvalue weighted by molar-refractivity contribution is -0.136. The summed E-state index contributed by atoms with van der Waals surface area (Å²) in [5, 5.41) is 20.7. The number of aliphatic hydroxyl groups is 1. The van der Waals surface area contributed by atoms with Crippen molar-refractivity contribution in [2.75, 3.05) is 5.32 Å². The number of carboxylic acid groups (broad SMARTS) is 1. The summed E-state index contributed by atoms with van der Waals surface area (Å²) in [5.41, 5.74) is 3.66. The lowest BCUT2D eigenvalue weighted by Crippen LogP contribution is -2.16. The maximum absolute atomic E-state index is 12.7. The van der Waals surface area contributed by atoms with Crippen LogP contribution in [-0.2, 0) is 11.4 Å². The van der Waals surface area contributed by atoms with E-state index in [0.717, 1.165) is 28.5 Å². The van der Waals surface area contributed by atoms with Gasteiger partial charge in [0, 0.05) is 10.6 Å². The van der Waals surface area contributed by atoms with Crippen LogP contribution in [0.4, 0.5) is 5.69 Å². The summed E-state index contributed by atoms with van der Waals surface area (Å²) in [6.07, 6.45) is 0. The number of rotatable bonds is 6. The Kier molecular flexibility index (Phi) is 6.22. The van der Waals surface area contributed by atoms with E-state index in [0.29, 0.717) is 16.1 Å². The van der Waals surface area contributed by atoms with Gasteiger partial charge in [-0.1, -0.05) is 18.2 Å². The SMILES string of the molecule is Cc1cc(C)c(NC(=O)c2ccccc2SC(C)C(=O)O)cc1CO. The molecule has 2 rings (SSSR count). The zero-order valence-corrected chi connectivity index (χ0v) is 15.2. The smallest absolute Gasteiger partial charge is 0.316 e. The molecule has 0 saturated carbocycles. The molecule has 0 bridgehead atoms. The second-order valence-corrected chi connectivity index (χ2v) is 7.18. The molecule has 2 aromatic carbocycles. The summed E-state index contributed by atoms with van der Waals surface area (Å²) in [4.78, 5) is 24.4. The number of nitrogens with one attached hydrogen (secondary N) is 1. The van der Waals surface area contributed by atoms with E-state index in [2.05, 4.69) is 5.32 Å². The number of aliphatic carboxylic acids is 1. The molecule has 0 fully saturated rings. The molecular formula is C19H21NO4S. The van der Waals surface area contributed by atoms with Crippen molar-refractivity contribution in [1.29, 1.82) is 0 Å². The van der Waals surface area contributed by atoms with Crippen molar-refractivity contribution >= 4 is 29.3 Å². The molecule has 0 saturated heterocycles. The molecule has 2 aromatic rings. The van der Waals surface area contributed by atoms with Gasteiger partial charge in [-0.15, -0.1) is 11.8 Å². The van der Waals surface area contributed by atoms with Crippen LogP contribution in [-0.4, -0.2) is 27.3 Å². The molecule has 0 aliphatic heterocycles. The first-order valence-electron chi connectivity index (χ1n) is 7.84. The molecule has 3 N–H and O–H groups in total. The Bertz CT molecular complexity index is 804. The number of aliphatic hydroxyl groups excluding tert-OH is 1. The summed E-state index contributed by atoms with van der Waals surface area (Å²) in [5.74, 6) is -1.24. The molecule has 1 unspecified atom stereocenters. The highest BCUT2D eigenvalue weighted by Crippen LogP contribution is 2.28. The largest absolute Gasteiger partial charge is 0.480 e. The minimum atomic E-state index is -0.929. The van der Waals surface area contributed by atoms with Gasteiger partial charge in [0.15, 0.2) is 0 Å². The van der Waals surface area contributed by atoms with Crippen molar-refractivity contribution in [2.24, 2.45) is 0 Å². The summed E-state index contributed by atoms with van der Waals surface area (Å²) < 4.78 is 0. The standard InChI is InChI=1S/C19H21NO4S/c1-11-8-12(2)16(9-14(11)10-21)20-18(22)15-6-4-5-7-17(15)25-13(3)19(23)24/h4-9,13,21H,10H2,1-3H3,(H,20,22)(H,23,24). The Morgan fingerprint density at radius 1 is 1.16 bits per heavy atom. The Balaban J connectivity index is 2.29. The van der Waals surface area contributed by atoms with Crippen molar-refractivity contribution in [3.63, 3.8) is 0 Å². The second-order valence-electron chi connectivity index (χ2n) is 5.80. The third-order valence-corrected chi connectivity index (χ3v) is 5.05. The van der Waals surface area contributed by atoms with Crippen molar-refractivity contribution < 1.29 is 19.8 Å². The van der Waals surface area contributed by atoms with Gasteiger partial charge < -0.3 is 15.5 Å². The average Bonchev–Trinajstić information content (AvgIpc) is 2.57. The molecule has 0 aromatic heterocycles. The number of hydrogen-bond acceptors (Lipinski definition) is 4. The van der Waals surface area contributed by atoms with E-state index in [9.17, 15) is 14.7 Å². The molecule has 1 amide bonds. The number of anilines is 1. The van der Waals surface area contributed by atoms with Crippen LogP contribution in [0.15, 0.2) is 41.3 Å². The molecule has 5 nitrogen and oxygen atoms in total. The van der Waals surface area contributed by atoms with E-state index in [1.54, 1.807) is 37.3 Å². The number of carbonyl (C=O) groups excluding carboxylic acids is 1. The molecule has 25 heavy (non-hydrogen) atoms. The number of carbonyl (C=O) groups is 2. The minimum Gasteiger partial charge on any atom is -0.480 e. The van der Waals surface area contributed by atoms with E-state index in [4.69, 9.17) is 5.11 Å². The number of thioether (sulfide) groups is 1. The molecular weight excluding hydrogens is 338 g/mol. The maximum Gasteiger partial charge on any atom is 0.316 e. The molecule has 132 valence electrons. The van der Waals surface area contributed by atoms with Crippen LogP contribution in [0, 0.1) is 13.8 Å². The first-order valence-corrected chi connectivity index (χ1v) is 8.72. The zero-order chi connectivity index (χ0) is 18.6. The fourth-order valence-corrected chi connectivity index (χ4v) is 3.32. The van der Waals surface area contributed by atoms with Crippen LogP contribution >= 0.6 is 11.8 Å². The number of amides is 1. The van der Waals surface area contributed by atoms with Crippen molar-refractivity contribution in [3.05, 3.63) is 58.7 Å². The summed E-state index contributed by atoms with van der Waals surface area (Å²) in [6, 6.07) is 10.6. The molecule has 0 aliphatic rings. The van der Waals surface area contributed by atoms with E-state index < -0.39 is 11.2 Å². The van der Waals surface area contributed by atoms with E-state index in [-0.39, 0.29) is 12.5 Å². The molecule has 1 atom stereocenters. The quantitative estimate of drug-likeness (QED) is 0.686. The van der Waals surface area contributed by atoms with E-state index in [1.165, 1.54) is 0 Å². The number of carboxylic acids is 1. The van der Waals surface area contributed by atoms with E-state index in [1.807, 2.05) is 19.9 Å². The predicted octanol–water partition coefficient (Wildman–Crippen LogP) is 3.61. The van der Waals surface area contributed by atoms with Gasteiger partial charge >= 0.3 is 5.97 Å². The lowest BCUT2D eigenvalue weighted by Gasteiger charge is -2.14. The Morgan fingerprint density at radius 3 is 2.48 bits per heavy atom. The summed E-state index contributed by atoms with van der Waals surface area (Å²) in [7, 11) is 0. The van der Waals surface area contributed by atoms with Crippen molar-refractivity contribution in [2.45, 2.75) is 37.5 Å². The van der Waals surface area contributed by atoms with Crippen molar-refractivity contribution in [3.8, 4) is 0 Å².